The lowest BCUT2D eigenvalue weighted by Crippen LogP contribution is -2.26. The fourth-order valence-corrected chi connectivity index (χ4v) is 2.72. The molecule has 2 aromatic rings. The van der Waals surface area contributed by atoms with E-state index in [1.165, 1.54) is 11.1 Å². The predicted octanol–water partition coefficient (Wildman–Crippen LogP) is 2.63. The van der Waals surface area contributed by atoms with E-state index in [-0.39, 0.29) is 5.91 Å². The second-order valence-electron chi connectivity index (χ2n) is 4.98. The molecule has 0 aliphatic rings. The number of thioether (sulfide) groups is 1. The Morgan fingerprint density at radius 3 is 2.86 bits per heavy atom. The summed E-state index contributed by atoms with van der Waals surface area (Å²) >= 11 is 1.65. The van der Waals surface area contributed by atoms with Crippen LogP contribution >= 0.6 is 11.8 Å². The van der Waals surface area contributed by atoms with Gasteiger partial charge in [-0.3, -0.25) is 4.79 Å². The van der Waals surface area contributed by atoms with Gasteiger partial charge in [0.1, 0.15) is 0 Å². The summed E-state index contributed by atoms with van der Waals surface area (Å²) in [7, 11) is 0. The van der Waals surface area contributed by atoms with Crippen LogP contribution in [0.1, 0.15) is 17.5 Å². The van der Waals surface area contributed by atoms with Crippen molar-refractivity contribution in [2.24, 2.45) is 0 Å². The van der Waals surface area contributed by atoms with Crippen molar-refractivity contribution in [2.75, 3.05) is 12.3 Å². The van der Waals surface area contributed by atoms with Gasteiger partial charge in [-0.1, -0.05) is 29.8 Å². The number of amides is 1. The average Bonchev–Trinajstić information content (AvgIpc) is 2.99. The van der Waals surface area contributed by atoms with Crippen molar-refractivity contribution in [3.8, 4) is 0 Å². The number of hydrogen-bond acceptors (Lipinski definition) is 3. The average molecular weight is 303 g/mol. The molecule has 0 bridgehead atoms. The largest absolute Gasteiger partial charge is 0.355 e. The second-order valence-corrected chi connectivity index (χ2v) is 5.97. The molecule has 2 rings (SSSR count). The van der Waals surface area contributed by atoms with Crippen molar-refractivity contribution in [3.63, 3.8) is 0 Å². The molecular weight excluding hydrogens is 282 g/mol. The van der Waals surface area contributed by atoms with Gasteiger partial charge in [0.25, 0.3) is 0 Å². The summed E-state index contributed by atoms with van der Waals surface area (Å²) in [6, 6.07) is 8.44. The quantitative estimate of drug-likeness (QED) is 0.763. The first-order valence-electron chi connectivity index (χ1n) is 7.10. The highest BCUT2D eigenvalue weighted by Gasteiger charge is 2.01. The van der Waals surface area contributed by atoms with Crippen LogP contribution in [-0.2, 0) is 17.1 Å². The molecule has 21 heavy (non-hydrogen) atoms. The maximum absolute atomic E-state index is 11.7. The lowest BCUT2D eigenvalue weighted by Gasteiger charge is -2.06. The summed E-state index contributed by atoms with van der Waals surface area (Å²) in [5, 5.41) is 2.95. The van der Waals surface area contributed by atoms with E-state index in [1.54, 1.807) is 24.3 Å². The van der Waals surface area contributed by atoms with Gasteiger partial charge >= 0.3 is 0 Å². The normalized spacial score (nSPS) is 10.5. The first-order valence-corrected chi connectivity index (χ1v) is 8.25. The SMILES string of the molecule is Cc1ccc(CSCC(=O)NCCCn2ccnc2)cc1. The number of aryl methyl sites for hydroxylation is 2. The molecule has 0 saturated carbocycles. The minimum Gasteiger partial charge on any atom is -0.355 e. The van der Waals surface area contributed by atoms with Gasteiger partial charge in [0, 0.05) is 31.2 Å². The minimum atomic E-state index is 0.109. The highest BCUT2D eigenvalue weighted by molar-refractivity contribution is 7.99. The standard InChI is InChI=1S/C16H21N3OS/c1-14-3-5-15(6-4-14)11-21-12-16(20)18-7-2-9-19-10-8-17-13-19/h3-6,8,10,13H,2,7,9,11-12H2,1H3,(H,18,20). The van der Waals surface area contributed by atoms with Crippen LogP contribution in [-0.4, -0.2) is 27.8 Å². The Labute approximate surface area is 130 Å². The molecule has 0 atom stereocenters. The van der Waals surface area contributed by atoms with E-state index in [2.05, 4.69) is 41.5 Å². The zero-order valence-corrected chi connectivity index (χ0v) is 13.1. The molecule has 0 fully saturated rings. The van der Waals surface area contributed by atoms with Crippen LogP contribution in [0.4, 0.5) is 0 Å². The summed E-state index contributed by atoms with van der Waals surface area (Å²) in [5.74, 6) is 1.50. The Balaban J connectivity index is 1.54. The third kappa shape index (κ3) is 6.04. The topological polar surface area (TPSA) is 46.9 Å². The molecule has 1 aromatic carbocycles. The lowest BCUT2D eigenvalue weighted by atomic mass is 10.2. The van der Waals surface area contributed by atoms with Gasteiger partial charge in [-0.2, -0.15) is 0 Å². The van der Waals surface area contributed by atoms with E-state index >= 15 is 0 Å². The Morgan fingerprint density at radius 1 is 1.33 bits per heavy atom. The van der Waals surface area contributed by atoms with E-state index in [9.17, 15) is 4.79 Å². The summed E-state index contributed by atoms with van der Waals surface area (Å²) in [4.78, 5) is 15.7. The van der Waals surface area contributed by atoms with Crippen LogP contribution in [0.25, 0.3) is 0 Å². The number of carbonyl (C=O) groups excluding carboxylic acids is 1. The van der Waals surface area contributed by atoms with Crippen LogP contribution < -0.4 is 5.32 Å². The van der Waals surface area contributed by atoms with Crippen molar-refractivity contribution in [1.82, 2.24) is 14.9 Å². The van der Waals surface area contributed by atoms with Crippen LogP contribution in [0.15, 0.2) is 43.0 Å². The highest BCUT2D eigenvalue weighted by Crippen LogP contribution is 2.12. The molecule has 112 valence electrons. The smallest absolute Gasteiger partial charge is 0.230 e. The molecule has 0 spiro atoms. The molecule has 1 heterocycles. The lowest BCUT2D eigenvalue weighted by molar-refractivity contribution is -0.118. The number of hydrogen-bond donors (Lipinski definition) is 1. The van der Waals surface area contributed by atoms with E-state index < -0.39 is 0 Å². The van der Waals surface area contributed by atoms with Crippen LogP contribution in [0, 0.1) is 6.92 Å². The molecule has 1 N–H and O–H groups in total. The van der Waals surface area contributed by atoms with E-state index in [1.807, 2.05) is 10.8 Å². The van der Waals surface area contributed by atoms with Gasteiger partial charge in [0.2, 0.25) is 5.91 Å². The van der Waals surface area contributed by atoms with E-state index in [4.69, 9.17) is 0 Å². The number of imidazole rings is 1. The van der Waals surface area contributed by atoms with Crippen LogP contribution in [0.3, 0.4) is 0 Å². The van der Waals surface area contributed by atoms with E-state index in [0.29, 0.717) is 12.3 Å². The minimum absolute atomic E-state index is 0.109. The van der Waals surface area contributed by atoms with Crippen molar-refractivity contribution < 1.29 is 4.79 Å². The van der Waals surface area contributed by atoms with Crippen molar-refractivity contribution in [1.29, 1.82) is 0 Å². The number of nitrogens with zero attached hydrogens (tertiary/aromatic N) is 2. The molecule has 4 nitrogen and oxygen atoms in total. The zero-order chi connectivity index (χ0) is 14.9. The van der Waals surface area contributed by atoms with Crippen LogP contribution in [0.5, 0.6) is 0 Å². The number of carbonyl (C=O) groups is 1. The molecular formula is C16H21N3OS. The first-order chi connectivity index (χ1) is 10.2. The monoisotopic (exact) mass is 303 g/mol. The summed E-state index contributed by atoms with van der Waals surface area (Å²) in [6.07, 6.45) is 6.41. The molecule has 1 aromatic heterocycles. The Bertz CT molecular complexity index is 537. The van der Waals surface area contributed by atoms with Crippen molar-refractivity contribution in [3.05, 3.63) is 54.1 Å². The Hall–Kier alpha value is -1.75. The van der Waals surface area contributed by atoms with Crippen molar-refractivity contribution >= 4 is 17.7 Å². The summed E-state index contributed by atoms with van der Waals surface area (Å²) in [5.41, 5.74) is 2.53. The molecule has 5 heteroatoms. The third-order valence-corrected chi connectivity index (χ3v) is 4.10. The van der Waals surface area contributed by atoms with Gasteiger partial charge in [-0.05, 0) is 18.9 Å². The maximum Gasteiger partial charge on any atom is 0.230 e. The van der Waals surface area contributed by atoms with Gasteiger partial charge < -0.3 is 9.88 Å². The van der Waals surface area contributed by atoms with Crippen LogP contribution in [0.2, 0.25) is 0 Å². The Kier molecular flexibility index (Phi) is 6.34. The molecule has 0 unspecified atom stereocenters. The first kappa shape index (κ1) is 15.6. The summed E-state index contributed by atoms with van der Waals surface area (Å²) < 4.78 is 2.01. The molecule has 0 radical (unpaired) electrons. The second kappa shape index (κ2) is 8.52. The van der Waals surface area contributed by atoms with E-state index in [0.717, 1.165) is 18.7 Å². The van der Waals surface area contributed by atoms with Gasteiger partial charge in [0.15, 0.2) is 0 Å². The van der Waals surface area contributed by atoms with Gasteiger partial charge in [-0.15, -0.1) is 11.8 Å². The van der Waals surface area contributed by atoms with Gasteiger partial charge in [0.05, 0.1) is 12.1 Å². The molecule has 0 aliphatic carbocycles. The number of nitrogens with one attached hydrogen (secondary N) is 1. The number of benzene rings is 1. The number of rotatable bonds is 8. The van der Waals surface area contributed by atoms with Gasteiger partial charge in [-0.25, -0.2) is 4.98 Å². The fraction of sp³-hybridized carbons (Fsp3) is 0.375. The maximum atomic E-state index is 11.7. The molecule has 0 saturated heterocycles. The Morgan fingerprint density at radius 2 is 2.14 bits per heavy atom. The molecule has 0 aliphatic heterocycles. The summed E-state index contributed by atoms with van der Waals surface area (Å²) in [6.45, 7) is 3.67. The zero-order valence-electron chi connectivity index (χ0n) is 12.3. The fourth-order valence-electron chi connectivity index (χ4n) is 1.91. The predicted molar refractivity (Wildman–Crippen MR) is 87.2 cm³/mol. The highest BCUT2D eigenvalue weighted by atomic mass is 32.2. The third-order valence-electron chi connectivity index (χ3n) is 3.10. The molecule has 1 amide bonds. The van der Waals surface area contributed by atoms with Crippen molar-refractivity contribution in [2.45, 2.75) is 25.6 Å². The number of aromatic nitrogens is 2.